The molecular weight excluding hydrogens is 467 g/mol. The van der Waals surface area contributed by atoms with Gasteiger partial charge in [-0.1, -0.05) is 0 Å². The van der Waals surface area contributed by atoms with E-state index in [4.69, 9.17) is 10.1 Å². The maximum atomic E-state index is 11.5. The van der Waals surface area contributed by atoms with Crippen LogP contribution < -0.4 is 19.3 Å². The van der Waals surface area contributed by atoms with Crippen LogP contribution in [0.1, 0.15) is 0 Å². The van der Waals surface area contributed by atoms with Crippen molar-refractivity contribution in [3.05, 3.63) is 54.9 Å². The summed E-state index contributed by atoms with van der Waals surface area (Å²) in [6, 6.07) is 12.4. The molecular formula is C18H15AsN8O2S. The minimum atomic E-state index is -3.71. The van der Waals surface area contributed by atoms with Gasteiger partial charge in [-0.2, -0.15) is 0 Å². The number of rotatable bonds is 5. The predicted octanol–water partition coefficient (Wildman–Crippen LogP) is 0.00750. The molecule has 0 saturated heterocycles. The van der Waals surface area contributed by atoms with E-state index in [1.54, 1.807) is 24.5 Å². The molecule has 10 nitrogen and oxygen atoms in total. The fourth-order valence-electron chi connectivity index (χ4n) is 3.00. The Bertz CT molecular complexity index is 1480. The van der Waals surface area contributed by atoms with Gasteiger partial charge in [0.2, 0.25) is 0 Å². The Morgan fingerprint density at radius 1 is 0.967 bits per heavy atom. The minimum absolute atomic E-state index is 0.0889. The van der Waals surface area contributed by atoms with E-state index in [-0.39, 0.29) is 4.90 Å². The quantitative estimate of drug-likeness (QED) is 0.257. The van der Waals surface area contributed by atoms with Crippen molar-refractivity contribution in [1.82, 2.24) is 30.4 Å². The second kappa shape index (κ2) is 7.21. The van der Waals surface area contributed by atoms with Crippen LogP contribution in [0.3, 0.4) is 0 Å². The molecule has 3 heterocycles. The Morgan fingerprint density at radius 2 is 1.77 bits per heavy atom. The number of H-pyrrole nitrogens is 2. The molecule has 12 heteroatoms. The van der Waals surface area contributed by atoms with E-state index in [0.29, 0.717) is 11.6 Å². The number of aromatic nitrogens is 6. The van der Waals surface area contributed by atoms with Crippen LogP contribution in [-0.4, -0.2) is 54.5 Å². The zero-order chi connectivity index (χ0) is 20.7. The van der Waals surface area contributed by atoms with E-state index in [9.17, 15) is 8.42 Å². The standard InChI is InChI=1S/C18H15AsN8O2S/c20-30(28,29)13-4-1-11(2-5-13)19-16-14-9-22-27-17(14)25-18(24-16)23-12-3-6-15-10(7-12)8-21-26-15/h1-9,19H,(H,21,26)(H2,20,28,29)(H2,22,23,24,25,27). The number of primary sulfonamides is 1. The van der Waals surface area contributed by atoms with Crippen LogP contribution in [0.4, 0.5) is 11.6 Å². The average molecular weight is 482 g/mol. The van der Waals surface area contributed by atoms with Crippen molar-refractivity contribution in [2.45, 2.75) is 4.90 Å². The molecule has 30 heavy (non-hydrogen) atoms. The molecule has 0 amide bonds. The predicted molar refractivity (Wildman–Crippen MR) is 115 cm³/mol. The summed E-state index contributed by atoms with van der Waals surface area (Å²) >= 11 is -0.874. The zero-order valence-electron chi connectivity index (χ0n) is 15.3. The number of hydrogen-bond donors (Lipinski definition) is 4. The molecule has 2 aromatic carbocycles. The second-order valence-electron chi connectivity index (χ2n) is 6.52. The molecule has 0 saturated carbocycles. The van der Waals surface area contributed by atoms with Crippen LogP contribution in [0.2, 0.25) is 0 Å². The van der Waals surface area contributed by atoms with Gasteiger partial charge in [0.15, 0.2) is 0 Å². The molecule has 0 aliphatic carbocycles. The summed E-state index contributed by atoms with van der Waals surface area (Å²) in [7, 11) is -3.71. The van der Waals surface area contributed by atoms with Crippen molar-refractivity contribution in [1.29, 1.82) is 0 Å². The molecule has 5 aromatic rings. The number of sulfonamides is 1. The molecule has 0 spiro atoms. The fraction of sp³-hybridized carbons (Fsp3) is 0. The van der Waals surface area contributed by atoms with Crippen molar-refractivity contribution >= 4 is 68.2 Å². The number of nitrogens with zero attached hydrogens (tertiary/aromatic N) is 4. The topological polar surface area (TPSA) is 155 Å². The monoisotopic (exact) mass is 482 g/mol. The third-order valence-electron chi connectivity index (χ3n) is 4.45. The van der Waals surface area contributed by atoms with Gasteiger partial charge in [0.25, 0.3) is 0 Å². The normalized spacial score (nSPS) is 12.3. The van der Waals surface area contributed by atoms with Crippen LogP contribution in [0.5, 0.6) is 0 Å². The van der Waals surface area contributed by atoms with E-state index in [1.165, 1.54) is 12.1 Å². The van der Waals surface area contributed by atoms with E-state index < -0.39 is 25.8 Å². The molecule has 3 aromatic heterocycles. The molecule has 0 radical (unpaired) electrons. The Kier molecular flexibility index (Phi) is 4.50. The number of benzene rings is 2. The number of anilines is 2. The van der Waals surface area contributed by atoms with Gasteiger partial charge >= 0.3 is 177 Å². The van der Waals surface area contributed by atoms with Crippen LogP contribution >= 0.6 is 0 Å². The summed E-state index contributed by atoms with van der Waals surface area (Å²) < 4.78 is 24.8. The van der Waals surface area contributed by atoms with E-state index in [2.05, 4.69) is 30.7 Å². The van der Waals surface area contributed by atoms with Crippen LogP contribution in [0, 0.1) is 0 Å². The Labute approximate surface area is 177 Å². The molecule has 5 rings (SSSR count). The van der Waals surface area contributed by atoms with E-state index in [0.717, 1.165) is 30.8 Å². The summed E-state index contributed by atoms with van der Waals surface area (Å²) in [4.78, 5) is 9.31. The summed E-state index contributed by atoms with van der Waals surface area (Å²) in [5.74, 6) is 0.453. The summed E-state index contributed by atoms with van der Waals surface area (Å²) in [5, 5.41) is 24.2. The summed E-state index contributed by atoms with van der Waals surface area (Å²) in [6.07, 6.45) is 3.45. The number of nitrogens with two attached hydrogens (primary N) is 1. The first-order valence-corrected chi connectivity index (χ1v) is 12.4. The first-order valence-electron chi connectivity index (χ1n) is 8.77. The van der Waals surface area contributed by atoms with E-state index >= 15 is 0 Å². The average Bonchev–Trinajstić information content (AvgIpc) is 3.36. The van der Waals surface area contributed by atoms with Crippen molar-refractivity contribution in [3.8, 4) is 0 Å². The number of fused-ring (bicyclic) bond motifs is 2. The van der Waals surface area contributed by atoms with Crippen LogP contribution in [0.15, 0.2) is 59.8 Å². The molecule has 0 aliphatic heterocycles. The Balaban J connectivity index is 1.48. The first kappa shape index (κ1) is 18.7. The zero-order valence-corrected chi connectivity index (χ0v) is 18.2. The van der Waals surface area contributed by atoms with Gasteiger partial charge in [-0.3, -0.25) is 0 Å². The van der Waals surface area contributed by atoms with Crippen LogP contribution in [-0.2, 0) is 10.0 Å². The van der Waals surface area contributed by atoms with E-state index in [1.807, 2.05) is 18.2 Å². The molecule has 150 valence electrons. The van der Waals surface area contributed by atoms with Gasteiger partial charge in [-0.25, -0.2) is 0 Å². The maximum absolute atomic E-state index is 11.5. The number of aromatic amines is 2. The van der Waals surface area contributed by atoms with Crippen molar-refractivity contribution in [2.24, 2.45) is 5.14 Å². The molecule has 0 aliphatic rings. The third-order valence-corrected chi connectivity index (χ3v) is 7.98. The second-order valence-corrected chi connectivity index (χ2v) is 10.8. The van der Waals surface area contributed by atoms with Gasteiger partial charge < -0.3 is 0 Å². The fourth-order valence-corrected chi connectivity index (χ4v) is 5.79. The summed E-state index contributed by atoms with van der Waals surface area (Å²) in [6.45, 7) is 0. The molecule has 1 atom stereocenters. The molecule has 0 bridgehead atoms. The van der Waals surface area contributed by atoms with Gasteiger partial charge in [-0.15, -0.1) is 0 Å². The van der Waals surface area contributed by atoms with Crippen molar-refractivity contribution in [2.75, 3.05) is 5.32 Å². The number of nitrogens with one attached hydrogen (secondary N) is 3. The van der Waals surface area contributed by atoms with Crippen molar-refractivity contribution < 1.29 is 8.42 Å². The molecule has 5 N–H and O–H groups in total. The molecule has 1 unspecified atom stereocenters. The van der Waals surface area contributed by atoms with Gasteiger partial charge in [-0.05, 0) is 0 Å². The summed E-state index contributed by atoms with van der Waals surface area (Å²) in [5.41, 5.74) is 2.42. The van der Waals surface area contributed by atoms with Crippen molar-refractivity contribution in [3.63, 3.8) is 0 Å². The van der Waals surface area contributed by atoms with Gasteiger partial charge in [0.1, 0.15) is 0 Å². The van der Waals surface area contributed by atoms with Gasteiger partial charge in [0, 0.05) is 0 Å². The van der Waals surface area contributed by atoms with Crippen LogP contribution in [0.25, 0.3) is 21.9 Å². The number of hydrogen-bond acceptors (Lipinski definition) is 7. The van der Waals surface area contributed by atoms with Gasteiger partial charge in [0.05, 0.1) is 0 Å². The Hall–Kier alpha value is -3.27. The SMILES string of the molecule is NS(=O)(=O)c1ccc([AsH]c2nc(Nc3ccc4[nH]ncc4c3)nc3[nH]ncc23)cc1. The Morgan fingerprint density at radius 3 is 2.57 bits per heavy atom. The third kappa shape index (κ3) is 3.65. The molecule has 0 fully saturated rings. The first-order chi connectivity index (χ1) is 14.5.